The lowest BCUT2D eigenvalue weighted by atomic mass is 9.33. The number of hydrogen-bond donors (Lipinski definition) is 2. The van der Waals surface area contributed by atoms with Gasteiger partial charge < -0.3 is 19.9 Å². The highest BCUT2D eigenvalue weighted by molar-refractivity contribution is 6.30. The van der Waals surface area contributed by atoms with E-state index >= 15 is 0 Å². The molecule has 294 valence electrons. The van der Waals surface area contributed by atoms with E-state index in [2.05, 4.69) is 65.9 Å². The largest absolute Gasteiger partial charge is 0.481 e. The lowest BCUT2D eigenvalue weighted by Gasteiger charge is -2.72. The molecule has 0 radical (unpaired) electrons. The van der Waals surface area contributed by atoms with E-state index in [0.29, 0.717) is 43.0 Å². The average molecular weight is 752 g/mol. The molecule has 0 spiro atoms. The van der Waals surface area contributed by atoms with Crippen LogP contribution in [0.25, 0.3) is 0 Å². The van der Waals surface area contributed by atoms with Gasteiger partial charge in [0.15, 0.2) is 5.78 Å². The van der Waals surface area contributed by atoms with Gasteiger partial charge >= 0.3 is 11.9 Å². The lowest BCUT2D eigenvalue weighted by molar-refractivity contribution is -0.235. The molecule has 8 heteroatoms. The Morgan fingerprint density at radius 1 is 0.943 bits per heavy atom. The molecule has 6 rings (SSSR count). The molecule has 5 aliphatic rings. The van der Waals surface area contributed by atoms with E-state index < -0.39 is 17.4 Å². The highest BCUT2D eigenvalue weighted by Crippen LogP contribution is 2.77. The Bertz CT molecular complexity index is 1630. The van der Waals surface area contributed by atoms with Gasteiger partial charge in [0.25, 0.3) is 0 Å². The second-order valence-electron chi connectivity index (χ2n) is 20.0. The number of allylic oxidation sites excluding steroid dienone is 1. The van der Waals surface area contributed by atoms with Crippen molar-refractivity contribution >= 4 is 29.3 Å². The molecule has 0 aromatic heterocycles. The van der Waals surface area contributed by atoms with Crippen molar-refractivity contribution in [2.75, 3.05) is 13.7 Å². The molecule has 9 unspecified atom stereocenters. The summed E-state index contributed by atoms with van der Waals surface area (Å²) < 4.78 is 12.6. The average Bonchev–Trinajstić information content (AvgIpc) is 3.38. The van der Waals surface area contributed by atoms with Crippen LogP contribution in [0.2, 0.25) is 5.02 Å². The standard InChI is InChI=1S/C45H66ClNO6/c1-27(2)37-31(48)23-45(35(52-10)26-47-25-28-11-13-29(46)14-12-28)22-21-43(8)30(38(37)45)15-16-33-42(7)19-18-34(53-36(49)24-40(3,4)39(50)51)41(5,6)32(42)17-20-44(33,43)9/h11-14,27,30,32-35,47H,15-26H2,1-10H3,(H,50,51). The zero-order chi connectivity index (χ0) is 38.9. The van der Waals surface area contributed by atoms with Crippen LogP contribution in [0.3, 0.4) is 0 Å². The Labute approximate surface area is 323 Å². The molecule has 0 amide bonds. The van der Waals surface area contributed by atoms with Crippen molar-refractivity contribution in [2.24, 2.45) is 56.2 Å². The van der Waals surface area contributed by atoms with E-state index in [-0.39, 0.29) is 51.6 Å². The number of hydrogen-bond acceptors (Lipinski definition) is 6. The van der Waals surface area contributed by atoms with Crippen molar-refractivity contribution in [3.05, 3.63) is 46.0 Å². The van der Waals surface area contributed by atoms with Crippen molar-refractivity contribution in [1.29, 1.82) is 0 Å². The van der Waals surface area contributed by atoms with Crippen LogP contribution in [0, 0.1) is 56.2 Å². The Balaban J connectivity index is 1.27. The summed E-state index contributed by atoms with van der Waals surface area (Å²) in [7, 11) is 1.83. The molecule has 4 fully saturated rings. The van der Waals surface area contributed by atoms with E-state index in [4.69, 9.17) is 21.1 Å². The maximum absolute atomic E-state index is 14.2. The van der Waals surface area contributed by atoms with Gasteiger partial charge in [-0.3, -0.25) is 14.4 Å². The van der Waals surface area contributed by atoms with Gasteiger partial charge in [-0.05, 0) is 128 Å². The minimum absolute atomic E-state index is 0.0401. The summed E-state index contributed by atoms with van der Waals surface area (Å²) >= 11 is 6.15. The van der Waals surface area contributed by atoms with Gasteiger partial charge in [0.2, 0.25) is 0 Å². The summed E-state index contributed by atoms with van der Waals surface area (Å²) in [5.41, 5.74) is 2.21. The lowest BCUT2D eigenvalue weighted by Crippen LogP contribution is -2.66. The summed E-state index contributed by atoms with van der Waals surface area (Å²) in [4.78, 5) is 39.1. The van der Waals surface area contributed by atoms with Crippen LogP contribution in [-0.4, -0.2) is 48.7 Å². The zero-order valence-electron chi connectivity index (χ0n) is 34.1. The molecule has 2 N–H and O–H groups in total. The monoisotopic (exact) mass is 751 g/mol. The number of aliphatic carboxylic acids is 1. The van der Waals surface area contributed by atoms with E-state index in [1.165, 1.54) is 11.1 Å². The SMILES string of the molecule is COC(CNCc1ccc(Cl)cc1)C12CCC3(C)C(CCC4C5(C)CCC(OC(=O)CC(C)(C)C(=O)O)C(C)(C)C5CCC43C)C1=C(C(C)C)C(=O)C2. The molecule has 53 heavy (non-hydrogen) atoms. The number of Topliss-reactive ketones (excluding diaryl/α,β-unsaturated/α-hetero) is 1. The van der Waals surface area contributed by atoms with Gasteiger partial charge in [-0.25, -0.2) is 0 Å². The highest BCUT2D eigenvalue weighted by Gasteiger charge is 2.71. The highest BCUT2D eigenvalue weighted by atomic mass is 35.5. The van der Waals surface area contributed by atoms with E-state index in [1.54, 1.807) is 13.8 Å². The molecule has 1 aromatic rings. The van der Waals surface area contributed by atoms with Gasteiger partial charge in [0.1, 0.15) is 6.10 Å². The first-order valence-corrected chi connectivity index (χ1v) is 20.7. The number of methoxy groups -OCH3 is 1. The Kier molecular flexibility index (Phi) is 10.7. The molecule has 1 aromatic carbocycles. The minimum Gasteiger partial charge on any atom is -0.481 e. The molecule has 7 nitrogen and oxygen atoms in total. The fourth-order valence-electron chi connectivity index (χ4n) is 13.4. The third-order valence-electron chi connectivity index (χ3n) is 16.3. The quantitative estimate of drug-likeness (QED) is 0.217. The maximum atomic E-state index is 14.2. The Morgan fingerprint density at radius 3 is 2.25 bits per heavy atom. The Hall–Kier alpha value is -2.22. The van der Waals surface area contributed by atoms with Crippen LogP contribution in [-0.2, 0) is 30.4 Å². The molecule has 0 heterocycles. The predicted molar refractivity (Wildman–Crippen MR) is 209 cm³/mol. The van der Waals surface area contributed by atoms with Crippen LogP contribution < -0.4 is 5.32 Å². The van der Waals surface area contributed by atoms with Gasteiger partial charge in [-0.15, -0.1) is 0 Å². The summed E-state index contributed by atoms with van der Waals surface area (Å²) in [5.74, 6) is 0.332. The van der Waals surface area contributed by atoms with Gasteiger partial charge in [0, 0.05) is 42.5 Å². The zero-order valence-corrected chi connectivity index (χ0v) is 34.9. The van der Waals surface area contributed by atoms with Gasteiger partial charge in [-0.2, -0.15) is 0 Å². The molecule has 9 atom stereocenters. The number of carboxylic acid groups (broad SMARTS) is 1. The second-order valence-corrected chi connectivity index (χ2v) is 20.5. The minimum atomic E-state index is -1.16. The number of nitrogens with one attached hydrogen (secondary N) is 1. The smallest absolute Gasteiger partial charge is 0.309 e. The predicted octanol–water partition coefficient (Wildman–Crippen LogP) is 9.84. The first kappa shape index (κ1) is 40.4. The van der Waals surface area contributed by atoms with Crippen LogP contribution in [0.15, 0.2) is 35.4 Å². The number of carboxylic acids is 1. The number of benzene rings is 1. The summed E-state index contributed by atoms with van der Waals surface area (Å²) in [6, 6.07) is 7.97. The molecular formula is C45H66ClNO6. The molecule has 4 saturated carbocycles. The fraction of sp³-hybridized carbons (Fsp3) is 0.756. The second kappa shape index (κ2) is 14.1. The maximum Gasteiger partial charge on any atom is 0.309 e. The fourth-order valence-corrected chi connectivity index (χ4v) is 13.5. The van der Waals surface area contributed by atoms with Crippen molar-refractivity contribution in [3.63, 3.8) is 0 Å². The third-order valence-corrected chi connectivity index (χ3v) is 16.6. The van der Waals surface area contributed by atoms with Gasteiger partial charge in [0.05, 0.1) is 17.9 Å². The van der Waals surface area contributed by atoms with Crippen LogP contribution >= 0.6 is 11.6 Å². The summed E-state index contributed by atoms with van der Waals surface area (Å²) in [6.45, 7) is 21.3. The third kappa shape index (κ3) is 6.45. The van der Waals surface area contributed by atoms with Crippen molar-refractivity contribution in [1.82, 2.24) is 5.32 Å². The first-order chi connectivity index (χ1) is 24.7. The molecule has 5 aliphatic carbocycles. The van der Waals surface area contributed by atoms with E-state index in [1.807, 2.05) is 19.2 Å². The number of carbonyl (C=O) groups excluding carboxylic acids is 2. The number of ketones is 1. The Morgan fingerprint density at radius 2 is 1.62 bits per heavy atom. The van der Waals surface area contributed by atoms with Crippen LogP contribution in [0.1, 0.15) is 132 Å². The number of carbonyl (C=O) groups is 3. The summed E-state index contributed by atoms with van der Waals surface area (Å²) in [6.07, 6.45) is 8.30. The van der Waals surface area contributed by atoms with E-state index in [0.717, 1.165) is 62.0 Å². The van der Waals surface area contributed by atoms with E-state index in [9.17, 15) is 19.5 Å². The topological polar surface area (TPSA) is 102 Å². The van der Waals surface area contributed by atoms with Crippen LogP contribution in [0.5, 0.6) is 0 Å². The number of fused-ring (bicyclic) bond motifs is 7. The number of rotatable bonds is 11. The van der Waals surface area contributed by atoms with Crippen molar-refractivity contribution < 1.29 is 29.0 Å². The summed E-state index contributed by atoms with van der Waals surface area (Å²) in [5, 5.41) is 14.0. The number of ether oxygens (including phenoxy) is 2. The van der Waals surface area contributed by atoms with Crippen molar-refractivity contribution in [3.8, 4) is 0 Å². The van der Waals surface area contributed by atoms with Crippen molar-refractivity contribution in [2.45, 2.75) is 145 Å². The molecule has 0 bridgehead atoms. The molecule has 0 aliphatic heterocycles. The van der Waals surface area contributed by atoms with Gasteiger partial charge in [-0.1, -0.05) is 77.8 Å². The molecule has 0 saturated heterocycles. The molecular weight excluding hydrogens is 686 g/mol. The number of esters is 1. The first-order valence-electron chi connectivity index (χ1n) is 20.4. The number of halogens is 1. The van der Waals surface area contributed by atoms with Crippen LogP contribution in [0.4, 0.5) is 0 Å². The normalized spacial score (nSPS) is 37.0.